The van der Waals surface area contributed by atoms with Crippen molar-refractivity contribution in [2.45, 2.75) is 6.04 Å². The minimum Gasteiger partial charge on any atom is -0.496 e. The third kappa shape index (κ3) is 2.53. The van der Waals surface area contributed by atoms with Gasteiger partial charge in [0.1, 0.15) is 11.5 Å². The average molecular weight is 296 g/mol. The van der Waals surface area contributed by atoms with Crippen LogP contribution in [0.15, 0.2) is 45.5 Å². The molecule has 0 bridgehead atoms. The zero-order valence-electron chi connectivity index (χ0n) is 9.74. The van der Waals surface area contributed by atoms with Crippen LogP contribution in [-0.4, -0.2) is 14.2 Å². The molecular weight excluding hydrogens is 282 g/mol. The van der Waals surface area contributed by atoms with Crippen LogP contribution >= 0.6 is 15.9 Å². The van der Waals surface area contributed by atoms with Gasteiger partial charge in [0.15, 0.2) is 0 Å². The van der Waals surface area contributed by atoms with Crippen molar-refractivity contribution in [2.24, 2.45) is 0 Å². The highest BCUT2D eigenvalue weighted by atomic mass is 79.9. The van der Waals surface area contributed by atoms with Gasteiger partial charge >= 0.3 is 0 Å². The third-order valence-corrected chi connectivity index (χ3v) is 3.25. The summed E-state index contributed by atoms with van der Waals surface area (Å²) in [4.78, 5) is 0. The summed E-state index contributed by atoms with van der Waals surface area (Å²) in [7, 11) is 3.56. The normalized spacial score (nSPS) is 12.4. The zero-order valence-corrected chi connectivity index (χ0v) is 11.3. The quantitative estimate of drug-likeness (QED) is 0.939. The van der Waals surface area contributed by atoms with E-state index in [4.69, 9.17) is 9.15 Å². The zero-order chi connectivity index (χ0) is 12.3. The van der Waals surface area contributed by atoms with Gasteiger partial charge in [-0.1, -0.05) is 6.07 Å². The second-order valence-electron chi connectivity index (χ2n) is 3.63. The lowest BCUT2D eigenvalue weighted by atomic mass is 10.0. The number of halogens is 1. The molecule has 0 aliphatic heterocycles. The highest BCUT2D eigenvalue weighted by Gasteiger charge is 2.15. The van der Waals surface area contributed by atoms with E-state index in [9.17, 15) is 0 Å². The molecule has 90 valence electrons. The van der Waals surface area contributed by atoms with E-state index in [-0.39, 0.29) is 6.04 Å². The highest BCUT2D eigenvalue weighted by Crippen LogP contribution is 2.30. The van der Waals surface area contributed by atoms with Crippen molar-refractivity contribution >= 4 is 15.9 Å². The van der Waals surface area contributed by atoms with Crippen LogP contribution in [0.4, 0.5) is 0 Å². The first kappa shape index (κ1) is 12.2. The third-order valence-electron chi connectivity index (χ3n) is 2.63. The van der Waals surface area contributed by atoms with Crippen molar-refractivity contribution in [2.75, 3.05) is 14.2 Å². The molecule has 0 aliphatic carbocycles. The standard InChI is InChI=1S/C13H14BrNO2/c1-15-13(12-4-3-7-17-12)9-5-6-11(16-2)10(14)8-9/h3-8,13,15H,1-2H3. The number of nitrogens with one attached hydrogen (secondary N) is 1. The molecule has 0 fully saturated rings. The Bertz CT molecular complexity index is 482. The topological polar surface area (TPSA) is 34.4 Å². The molecule has 3 nitrogen and oxygen atoms in total. The van der Waals surface area contributed by atoms with E-state index >= 15 is 0 Å². The number of furan rings is 1. The molecule has 1 heterocycles. The van der Waals surface area contributed by atoms with Gasteiger partial charge < -0.3 is 14.5 Å². The number of rotatable bonds is 4. The monoisotopic (exact) mass is 295 g/mol. The molecule has 1 aromatic heterocycles. The summed E-state index contributed by atoms with van der Waals surface area (Å²) < 4.78 is 11.6. The van der Waals surface area contributed by atoms with Gasteiger partial charge in [-0.05, 0) is 52.8 Å². The van der Waals surface area contributed by atoms with Gasteiger partial charge in [-0.15, -0.1) is 0 Å². The van der Waals surface area contributed by atoms with E-state index in [1.807, 2.05) is 37.4 Å². The van der Waals surface area contributed by atoms with Crippen molar-refractivity contribution in [3.05, 3.63) is 52.4 Å². The van der Waals surface area contributed by atoms with Crippen molar-refractivity contribution in [3.8, 4) is 5.75 Å². The van der Waals surface area contributed by atoms with Crippen LogP contribution in [-0.2, 0) is 0 Å². The Hall–Kier alpha value is -1.26. The van der Waals surface area contributed by atoms with Crippen LogP contribution in [0.25, 0.3) is 0 Å². The first-order valence-electron chi connectivity index (χ1n) is 5.30. The van der Waals surface area contributed by atoms with E-state index in [1.165, 1.54) is 0 Å². The first-order valence-corrected chi connectivity index (χ1v) is 6.09. The maximum absolute atomic E-state index is 5.43. The lowest BCUT2D eigenvalue weighted by Crippen LogP contribution is -2.16. The number of hydrogen-bond donors (Lipinski definition) is 1. The Morgan fingerprint density at radius 1 is 1.35 bits per heavy atom. The van der Waals surface area contributed by atoms with Crippen molar-refractivity contribution in [1.29, 1.82) is 0 Å². The van der Waals surface area contributed by atoms with Gasteiger partial charge in [0.2, 0.25) is 0 Å². The van der Waals surface area contributed by atoms with E-state index in [2.05, 4.69) is 21.2 Å². The molecule has 1 unspecified atom stereocenters. The molecule has 0 radical (unpaired) electrons. The molecule has 2 aromatic rings. The molecule has 17 heavy (non-hydrogen) atoms. The van der Waals surface area contributed by atoms with Gasteiger partial charge in [-0.25, -0.2) is 0 Å². The second-order valence-corrected chi connectivity index (χ2v) is 4.49. The second kappa shape index (κ2) is 5.38. The molecule has 2 rings (SSSR count). The lowest BCUT2D eigenvalue weighted by Gasteiger charge is -2.15. The average Bonchev–Trinajstić information content (AvgIpc) is 2.84. The largest absolute Gasteiger partial charge is 0.496 e. The fraction of sp³-hybridized carbons (Fsp3) is 0.231. The van der Waals surface area contributed by atoms with Gasteiger partial charge in [0.25, 0.3) is 0 Å². The van der Waals surface area contributed by atoms with Crippen LogP contribution in [0.3, 0.4) is 0 Å². The molecule has 1 atom stereocenters. The Labute approximate surface area is 109 Å². The van der Waals surface area contributed by atoms with Crippen LogP contribution in [0.2, 0.25) is 0 Å². The Morgan fingerprint density at radius 3 is 2.71 bits per heavy atom. The molecular formula is C13H14BrNO2. The predicted molar refractivity (Wildman–Crippen MR) is 70.3 cm³/mol. The van der Waals surface area contributed by atoms with Crippen molar-refractivity contribution < 1.29 is 9.15 Å². The predicted octanol–water partition coefficient (Wildman–Crippen LogP) is 3.36. The Kier molecular flexibility index (Phi) is 3.86. The fourth-order valence-corrected chi connectivity index (χ4v) is 2.35. The minimum absolute atomic E-state index is 0.0483. The van der Waals surface area contributed by atoms with E-state index in [0.29, 0.717) is 0 Å². The molecule has 1 N–H and O–H groups in total. The van der Waals surface area contributed by atoms with E-state index in [0.717, 1.165) is 21.5 Å². The molecule has 0 aliphatic rings. The number of methoxy groups -OCH3 is 1. The maximum atomic E-state index is 5.43. The van der Waals surface area contributed by atoms with Crippen LogP contribution in [0, 0.1) is 0 Å². The lowest BCUT2D eigenvalue weighted by molar-refractivity contribution is 0.411. The fourth-order valence-electron chi connectivity index (χ4n) is 1.79. The van der Waals surface area contributed by atoms with Crippen molar-refractivity contribution in [1.82, 2.24) is 5.32 Å². The summed E-state index contributed by atoms with van der Waals surface area (Å²) >= 11 is 3.48. The summed E-state index contributed by atoms with van der Waals surface area (Å²) in [6.07, 6.45) is 1.68. The molecule has 0 spiro atoms. The minimum atomic E-state index is 0.0483. The van der Waals surface area contributed by atoms with Crippen molar-refractivity contribution in [3.63, 3.8) is 0 Å². The first-order chi connectivity index (χ1) is 8.26. The van der Waals surface area contributed by atoms with Crippen LogP contribution in [0.5, 0.6) is 5.75 Å². The summed E-state index contributed by atoms with van der Waals surface area (Å²) in [5.41, 5.74) is 1.12. The van der Waals surface area contributed by atoms with Gasteiger partial charge in [0, 0.05) is 0 Å². The van der Waals surface area contributed by atoms with Crippen LogP contribution in [0.1, 0.15) is 17.4 Å². The summed E-state index contributed by atoms with van der Waals surface area (Å²) in [5.74, 6) is 1.72. The molecule has 0 saturated heterocycles. The Balaban J connectivity index is 2.35. The number of hydrogen-bond acceptors (Lipinski definition) is 3. The maximum Gasteiger partial charge on any atom is 0.133 e. The van der Waals surface area contributed by atoms with Crippen LogP contribution < -0.4 is 10.1 Å². The van der Waals surface area contributed by atoms with E-state index < -0.39 is 0 Å². The number of ether oxygens (including phenoxy) is 1. The summed E-state index contributed by atoms with van der Waals surface area (Å²) in [6, 6.07) is 9.88. The molecule has 0 amide bonds. The molecule has 0 saturated carbocycles. The Morgan fingerprint density at radius 2 is 2.18 bits per heavy atom. The molecule has 1 aromatic carbocycles. The SMILES string of the molecule is CNC(c1ccc(OC)c(Br)c1)c1ccco1. The summed E-state index contributed by atoms with van der Waals surface area (Å²) in [5, 5.41) is 3.23. The highest BCUT2D eigenvalue weighted by molar-refractivity contribution is 9.10. The van der Waals surface area contributed by atoms with Gasteiger partial charge in [-0.3, -0.25) is 0 Å². The smallest absolute Gasteiger partial charge is 0.133 e. The summed E-state index contributed by atoms with van der Waals surface area (Å²) in [6.45, 7) is 0. The number of benzene rings is 1. The molecule has 4 heteroatoms. The van der Waals surface area contributed by atoms with Gasteiger partial charge in [-0.2, -0.15) is 0 Å². The van der Waals surface area contributed by atoms with E-state index in [1.54, 1.807) is 13.4 Å². The van der Waals surface area contributed by atoms with Gasteiger partial charge in [0.05, 0.1) is 23.9 Å².